The molecule has 0 atom stereocenters. The molecule has 0 unspecified atom stereocenters. The Bertz CT molecular complexity index is 550. The van der Waals surface area contributed by atoms with Crippen molar-refractivity contribution >= 4 is 32.8 Å². The van der Waals surface area contributed by atoms with Crippen LogP contribution in [0.4, 0.5) is 0 Å². The van der Waals surface area contributed by atoms with Gasteiger partial charge < -0.3 is 14.4 Å². The second-order valence-corrected chi connectivity index (χ2v) is 4.57. The predicted octanol–water partition coefficient (Wildman–Crippen LogP) is 2.26. The van der Waals surface area contributed by atoms with Crippen molar-refractivity contribution in [2.75, 3.05) is 20.2 Å². The molecule has 1 heterocycles. The first kappa shape index (κ1) is 12.1. The largest absolute Gasteiger partial charge is 0.450 e. The second kappa shape index (κ2) is 4.89. The fourth-order valence-corrected chi connectivity index (χ4v) is 2.04. The first-order chi connectivity index (χ1) is 8.13. The number of para-hydroxylation sites is 1. The summed E-state index contributed by atoms with van der Waals surface area (Å²) >= 11 is 3.37. The lowest BCUT2D eigenvalue weighted by atomic mass is 10.2. The molecule has 17 heavy (non-hydrogen) atoms. The standard InChI is InChI=1S/C12H12BrNO3/c1-14(5-6-15)12(16)10-7-8-3-2-4-9(13)11(8)17-10/h2-4,7,15H,5-6H2,1H3. The van der Waals surface area contributed by atoms with Gasteiger partial charge in [0.25, 0.3) is 5.91 Å². The number of furan rings is 1. The quantitative estimate of drug-likeness (QED) is 0.945. The van der Waals surface area contributed by atoms with E-state index in [1.165, 1.54) is 4.90 Å². The average Bonchev–Trinajstić information content (AvgIpc) is 2.73. The van der Waals surface area contributed by atoms with Gasteiger partial charge in [0, 0.05) is 19.0 Å². The highest BCUT2D eigenvalue weighted by molar-refractivity contribution is 9.10. The highest BCUT2D eigenvalue weighted by atomic mass is 79.9. The van der Waals surface area contributed by atoms with Crippen molar-refractivity contribution in [1.82, 2.24) is 4.90 Å². The van der Waals surface area contributed by atoms with Crippen molar-refractivity contribution in [3.63, 3.8) is 0 Å². The number of aliphatic hydroxyl groups excluding tert-OH is 1. The minimum atomic E-state index is -0.234. The van der Waals surface area contributed by atoms with E-state index >= 15 is 0 Å². The summed E-state index contributed by atoms with van der Waals surface area (Å²) in [6.45, 7) is 0.225. The third kappa shape index (κ3) is 2.35. The number of hydrogen-bond acceptors (Lipinski definition) is 3. The number of hydrogen-bond donors (Lipinski definition) is 1. The van der Waals surface area contributed by atoms with Crippen molar-refractivity contribution in [2.45, 2.75) is 0 Å². The highest BCUT2D eigenvalue weighted by Gasteiger charge is 2.17. The van der Waals surface area contributed by atoms with Crippen LogP contribution in [0.1, 0.15) is 10.6 Å². The smallest absolute Gasteiger partial charge is 0.289 e. The summed E-state index contributed by atoms with van der Waals surface area (Å²) in [6, 6.07) is 7.33. The maximum absolute atomic E-state index is 11.9. The number of likely N-dealkylation sites (N-methyl/N-ethyl adjacent to an activating group) is 1. The Morgan fingerprint density at radius 2 is 2.29 bits per heavy atom. The van der Waals surface area contributed by atoms with Gasteiger partial charge in [0.2, 0.25) is 0 Å². The van der Waals surface area contributed by atoms with E-state index in [1.807, 2.05) is 18.2 Å². The molecular formula is C12H12BrNO3. The van der Waals surface area contributed by atoms with Gasteiger partial charge >= 0.3 is 0 Å². The topological polar surface area (TPSA) is 53.7 Å². The van der Waals surface area contributed by atoms with Gasteiger partial charge in [-0.1, -0.05) is 12.1 Å². The lowest BCUT2D eigenvalue weighted by molar-refractivity contribution is 0.0738. The van der Waals surface area contributed by atoms with Gasteiger partial charge in [-0.15, -0.1) is 0 Å². The molecule has 0 fully saturated rings. The van der Waals surface area contributed by atoms with Crippen molar-refractivity contribution in [3.05, 3.63) is 34.5 Å². The van der Waals surface area contributed by atoms with Crippen molar-refractivity contribution in [2.24, 2.45) is 0 Å². The summed E-state index contributed by atoms with van der Waals surface area (Å²) in [5, 5.41) is 9.66. The van der Waals surface area contributed by atoms with Gasteiger partial charge in [-0.25, -0.2) is 0 Å². The number of nitrogens with zero attached hydrogens (tertiary/aromatic N) is 1. The van der Waals surface area contributed by atoms with Gasteiger partial charge in [-0.2, -0.15) is 0 Å². The van der Waals surface area contributed by atoms with Gasteiger partial charge in [-0.3, -0.25) is 4.79 Å². The summed E-state index contributed by atoms with van der Waals surface area (Å²) in [7, 11) is 1.63. The van der Waals surface area contributed by atoms with Gasteiger partial charge in [0.1, 0.15) is 5.58 Å². The summed E-state index contributed by atoms with van der Waals surface area (Å²) in [5.74, 6) is 0.0463. The Morgan fingerprint density at radius 1 is 1.53 bits per heavy atom. The molecule has 90 valence electrons. The van der Waals surface area contributed by atoms with Crippen LogP contribution >= 0.6 is 15.9 Å². The molecule has 1 aromatic heterocycles. The number of amides is 1. The van der Waals surface area contributed by atoms with E-state index in [-0.39, 0.29) is 24.8 Å². The minimum absolute atomic E-state index is 0.0633. The van der Waals surface area contributed by atoms with E-state index in [0.717, 1.165) is 9.86 Å². The van der Waals surface area contributed by atoms with Crippen LogP contribution in [0.2, 0.25) is 0 Å². The van der Waals surface area contributed by atoms with Crippen molar-refractivity contribution < 1.29 is 14.3 Å². The molecule has 0 bridgehead atoms. The van der Waals surface area contributed by atoms with E-state index in [0.29, 0.717) is 5.58 Å². The molecule has 5 heteroatoms. The Hall–Kier alpha value is -1.33. The van der Waals surface area contributed by atoms with Crippen LogP contribution in [0.15, 0.2) is 33.2 Å². The van der Waals surface area contributed by atoms with Crippen LogP contribution in [0, 0.1) is 0 Å². The zero-order chi connectivity index (χ0) is 12.4. The predicted molar refractivity (Wildman–Crippen MR) is 68.0 cm³/mol. The third-order valence-corrected chi connectivity index (χ3v) is 3.11. The highest BCUT2D eigenvalue weighted by Crippen LogP contribution is 2.27. The number of halogens is 1. The molecule has 0 spiro atoms. The van der Waals surface area contributed by atoms with Gasteiger partial charge in [0.05, 0.1) is 11.1 Å². The maximum Gasteiger partial charge on any atom is 0.289 e. The fraction of sp³-hybridized carbons (Fsp3) is 0.250. The average molecular weight is 298 g/mol. The lowest BCUT2D eigenvalue weighted by Crippen LogP contribution is -2.29. The molecule has 0 radical (unpaired) electrons. The maximum atomic E-state index is 11.9. The molecule has 4 nitrogen and oxygen atoms in total. The van der Waals surface area contributed by atoms with Crippen LogP contribution in [0.25, 0.3) is 11.0 Å². The van der Waals surface area contributed by atoms with E-state index in [2.05, 4.69) is 15.9 Å². The van der Waals surface area contributed by atoms with Crippen LogP contribution < -0.4 is 0 Å². The van der Waals surface area contributed by atoms with Gasteiger partial charge in [-0.05, 0) is 28.1 Å². The Morgan fingerprint density at radius 3 is 2.94 bits per heavy atom. The number of fused-ring (bicyclic) bond motifs is 1. The Kier molecular flexibility index (Phi) is 3.49. The Balaban J connectivity index is 2.37. The Labute approximate surface area is 107 Å². The lowest BCUT2D eigenvalue weighted by Gasteiger charge is -2.13. The van der Waals surface area contributed by atoms with Gasteiger partial charge in [0.15, 0.2) is 5.76 Å². The van der Waals surface area contributed by atoms with E-state index in [1.54, 1.807) is 13.1 Å². The number of carbonyl (C=O) groups is 1. The zero-order valence-electron chi connectivity index (χ0n) is 9.31. The molecule has 1 N–H and O–H groups in total. The monoisotopic (exact) mass is 297 g/mol. The number of rotatable bonds is 3. The second-order valence-electron chi connectivity index (χ2n) is 3.72. The molecule has 0 saturated heterocycles. The SMILES string of the molecule is CN(CCO)C(=O)c1cc2cccc(Br)c2o1. The van der Waals surface area contributed by atoms with E-state index in [4.69, 9.17) is 9.52 Å². The normalized spacial score (nSPS) is 10.8. The first-order valence-corrected chi connectivity index (χ1v) is 5.97. The summed E-state index contributed by atoms with van der Waals surface area (Å²) in [5.41, 5.74) is 0.660. The van der Waals surface area contributed by atoms with Crippen LogP contribution in [-0.2, 0) is 0 Å². The molecule has 1 aromatic carbocycles. The van der Waals surface area contributed by atoms with Crippen LogP contribution in [-0.4, -0.2) is 36.1 Å². The van der Waals surface area contributed by atoms with Crippen LogP contribution in [0.3, 0.4) is 0 Å². The number of carbonyl (C=O) groups excluding carboxylic acids is 1. The first-order valence-electron chi connectivity index (χ1n) is 5.18. The van der Waals surface area contributed by atoms with E-state index < -0.39 is 0 Å². The molecule has 0 aliphatic rings. The molecule has 0 saturated carbocycles. The molecule has 0 aliphatic carbocycles. The summed E-state index contributed by atoms with van der Waals surface area (Å²) < 4.78 is 6.33. The van der Waals surface area contributed by atoms with Crippen molar-refractivity contribution in [3.8, 4) is 0 Å². The molecule has 2 rings (SSSR count). The molecule has 0 aliphatic heterocycles. The molecule has 1 amide bonds. The molecule has 2 aromatic rings. The van der Waals surface area contributed by atoms with Crippen molar-refractivity contribution in [1.29, 1.82) is 0 Å². The summed E-state index contributed by atoms with van der Waals surface area (Å²) in [6.07, 6.45) is 0. The summed E-state index contributed by atoms with van der Waals surface area (Å²) in [4.78, 5) is 13.3. The number of benzene rings is 1. The minimum Gasteiger partial charge on any atom is -0.450 e. The molecular weight excluding hydrogens is 286 g/mol. The fourth-order valence-electron chi connectivity index (χ4n) is 1.57. The zero-order valence-corrected chi connectivity index (χ0v) is 10.9. The van der Waals surface area contributed by atoms with E-state index in [9.17, 15) is 4.79 Å². The van der Waals surface area contributed by atoms with Crippen LogP contribution in [0.5, 0.6) is 0 Å². The number of aliphatic hydroxyl groups is 1. The third-order valence-electron chi connectivity index (χ3n) is 2.49.